The van der Waals surface area contributed by atoms with Crippen molar-refractivity contribution in [3.63, 3.8) is 0 Å². The van der Waals surface area contributed by atoms with Crippen molar-refractivity contribution in [3.8, 4) is 22.5 Å². The van der Waals surface area contributed by atoms with Crippen LogP contribution in [0.5, 0.6) is 0 Å². The average molecular weight is 931 g/mol. The summed E-state index contributed by atoms with van der Waals surface area (Å²) < 4.78 is 5.56. The molecule has 13 rings (SSSR count). The van der Waals surface area contributed by atoms with Crippen molar-refractivity contribution in [3.05, 3.63) is 137 Å². The van der Waals surface area contributed by atoms with E-state index in [-0.39, 0.29) is 39.2 Å². The predicted molar refractivity (Wildman–Crippen MR) is 308 cm³/mol. The zero-order valence-corrected chi connectivity index (χ0v) is 46.3. The van der Waals surface area contributed by atoms with E-state index in [1.807, 2.05) is 0 Å². The molecule has 4 heteroatoms. The topological polar surface area (TPSA) is 9.86 Å². The largest absolute Gasteiger partial charge is 0.310 e. The Morgan fingerprint density at radius 1 is 0.343 bits per heavy atom. The van der Waals surface area contributed by atoms with Crippen LogP contribution in [0.15, 0.2) is 103 Å². The van der Waals surface area contributed by atoms with Crippen molar-refractivity contribution in [1.29, 1.82) is 0 Å². The molecule has 70 heavy (non-hydrogen) atoms. The molecule has 2 nitrogen and oxygen atoms in total. The predicted octanol–water partition coefficient (Wildman–Crippen LogP) is 12.5. The number of fused-ring (bicyclic) bond motifs is 14. The Kier molecular flexibility index (Phi) is 8.29. The minimum Gasteiger partial charge on any atom is -0.310 e. The first-order valence-electron chi connectivity index (χ1n) is 26.3. The van der Waals surface area contributed by atoms with Crippen molar-refractivity contribution in [1.82, 2.24) is 9.13 Å². The molecule has 352 valence electrons. The maximum absolute atomic E-state index is 3.06. The second-order valence-corrected chi connectivity index (χ2v) is 32.0. The Hall–Kier alpha value is -5.58. The van der Waals surface area contributed by atoms with E-state index < -0.39 is 8.07 Å². The molecule has 2 aromatic heterocycles. The van der Waals surface area contributed by atoms with Gasteiger partial charge in [0.15, 0.2) is 8.07 Å². The summed E-state index contributed by atoms with van der Waals surface area (Å²) in [5.41, 5.74) is 23.9. The van der Waals surface area contributed by atoms with Gasteiger partial charge in [-0.1, -0.05) is 197 Å². The van der Waals surface area contributed by atoms with Crippen molar-refractivity contribution in [2.75, 3.05) is 0 Å². The van der Waals surface area contributed by atoms with E-state index in [1.165, 1.54) is 116 Å². The van der Waals surface area contributed by atoms with Crippen LogP contribution in [0.2, 0.25) is 0 Å². The summed E-state index contributed by atoms with van der Waals surface area (Å²) in [6.45, 7) is 43.2. The molecule has 0 bridgehead atoms. The first kappa shape index (κ1) is 44.4. The molecule has 0 saturated carbocycles. The van der Waals surface area contributed by atoms with E-state index in [2.05, 4.69) is 237 Å². The fraction of sp³-hybridized carbons (Fsp3) is 0.364. The average Bonchev–Trinajstić information content (AvgIpc) is 3.88. The van der Waals surface area contributed by atoms with Gasteiger partial charge in [0.1, 0.15) is 0 Å². The summed E-state index contributed by atoms with van der Waals surface area (Å²) in [6.07, 6.45) is 0. The van der Waals surface area contributed by atoms with Gasteiger partial charge in [0.05, 0.1) is 11.0 Å². The summed E-state index contributed by atoms with van der Waals surface area (Å²) in [5, 5.41) is 11.8. The molecule has 0 N–H and O–H groups in total. The summed E-state index contributed by atoms with van der Waals surface area (Å²) in [6, 6.07) is 43.9. The zero-order chi connectivity index (χ0) is 49.7. The lowest BCUT2D eigenvalue weighted by molar-refractivity contribution is 0.589. The minimum absolute atomic E-state index is 0.00681. The van der Waals surface area contributed by atoms with Gasteiger partial charge in [-0.2, -0.15) is 0 Å². The van der Waals surface area contributed by atoms with Crippen molar-refractivity contribution >= 4 is 95.5 Å². The third-order valence-electron chi connectivity index (χ3n) is 17.6. The molecule has 0 amide bonds. The highest BCUT2D eigenvalue weighted by molar-refractivity contribution is 7.24. The minimum atomic E-state index is -3.06. The lowest BCUT2D eigenvalue weighted by Gasteiger charge is -2.43. The zero-order valence-electron chi connectivity index (χ0n) is 45.3. The SMILES string of the molecule is CC(C)(C)c1ccc2c(c1)-c1cc(C(C)(C)C)ccc1[Si]21c2ccc3c4c2-n2c5c(cc(C(C)(C)C)cc5c5cc(C(C)(C)C)cc1c52)B4c1cc(C(C)(C)C)cc2c4ccc(C(C)(C)C)cc4n-3c12. The molecule has 1 spiro atoms. The third kappa shape index (κ3) is 5.53. The van der Waals surface area contributed by atoms with E-state index in [4.69, 9.17) is 0 Å². The number of rotatable bonds is 0. The number of benzene rings is 7. The molecule has 4 aliphatic heterocycles. The first-order chi connectivity index (χ1) is 32.5. The highest BCUT2D eigenvalue weighted by Crippen LogP contribution is 2.46. The van der Waals surface area contributed by atoms with E-state index in [1.54, 1.807) is 20.7 Å². The monoisotopic (exact) mass is 931 g/mol. The Balaban J connectivity index is 1.30. The van der Waals surface area contributed by atoms with Gasteiger partial charge in [-0.25, -0.2) is 0 Å². The van der Waals surface area contributed by atoms with Crippen molar-refractivity contribution in [2.45, 2.75) is 157 Å². The smallest absolute Gasteiger partial charge is 0.252 e. The van der Waals surface area contributed by atoms with E-state index in [0.717, 1.165) is 0 Å². The van der Waals surface area contributed by atoms with Crippen LogP contribution in [0.1, 0.15) is 158 Å². The van der Waals surface area contributed by atoms with Crippen LogP contribution >= 0.6 is 0 Å². The van der Waals surface area contributed by atoms with Gasteiger partial charge < -0.3 is 9.13 Å². The normalized spacial score (nSPS) is 15.7. The van der Waals surface area contributed by atoms with Gasteiger partial charge in [-0.05, 0) is 144 Å². The molecular weight excluding hydrogens is 860 g/mol. The van der Waals surface area contributed by atoms with Gasteiger partial charge >= 0.3 is 0 Å². The van der Waals surface area contributed by atoms with Crippen LogP contribution in [0, 0.1) is 0 Å². The molecule has 4 aliphatic rings. The molecule has 0 radical (unpaired) electrons. The Morgan fingerprint density at radius 3 is 1.26 bits per heavy atom. The van der Waals surface area contributed by atoms with Gasteiger partial charge in [-0.15, -0.1) is 0 Å². The third-order valence-corrected chi connectivity index (χ3v) is 22.5. The standard InChI is InChI=1S/C66H71BN2Si/c1-61(2,3)36-20-24-52-43(27-36)44-28-37(62(4,5)6)21-25-53(44)70(52)54-26-23-50-56-60(54)69-58-46(47-31-41(66(16,17)18)35-55(70)59(47)69)30-40(65(13,14)15)33-49(58)67(56)48-32-39(64(10,11)12)29-45-42-22-19-38(63(7,8)9)34-51(42)68(50)57(45)48/h19-35H,1-18H3. The van der Waals surface area contributed by atoms with Crippen LogP contribution in [-0.4, -0.2) is 23.9 Å². The fourth-order valence-electron chi connectivity index (χ4n) is 13.5. The second kappa shape index (κ2) is 13.1. The van der Waals surface area contributed by atoms with Crippen molar-refractivity contribution in [2.24, 2.45) is 0 Å². The molecular formula is C66H71BN2Si. The van der Waals surface area contributed by atoms with Crippen LogP contribution < -0.4 is 37.1 Å². The van der Waals surface area contributed by atoms with Crippen molar-refractivity contribution < 1.29 is 0 Å². The number of aromatic nitrogens is 2. The highest BCUT2D eigenvalue weighted by atomic mass is 28.3. The Bertz CT molecular complexity index is 3820. The number of nitrogens with zero attached hydrogens (tertiary/aromatic N) is 2. The lowest BCUT2D eigenvalue weighted by Crippen LogP contribution is -2.77. The molecule has 6 heterocycles. The maximum atomic E-state index is 2.84. The van der Waals surface area contributed by atoms with Crippen LogP contribution in [0.3, 0.4) is 0 Å². The molecule has 0 fully saturated rings. The molecule has 9 aromatic rings. The van der Waals surface area contributed by atoms with Gasteiger partial charge in [0.2, 0.25) is 0 Å². The first-order valence-corrected chi connectivity index (χ1v) is 28.3. The van der Waals surface area contributed by atoms with Crippen LogP contribution in [0.4, 0.5) is 0 Å². The molecule has 0 aliphatic carbocycles. The molecule has 0 atom stereocenters. The fourth-order valence-corrected chi connectivity index (χ4v) is 19.1. The highest BCUT2D eigenvalue weighted by Gasteiger charge is 2.57. The Labute approximate surface area is 418 Å². The van der Waals surface area contributed by atoms with Gasteiger partial charge in [0, 0.05) is 44.0 Å². The van der Waals surface area contributed by atoms with Crippen LogP contribution in [-0.2, 0) is 32.5 Å². The quantitative estimate of drug-likeness (QED) is 0.134. The molecule has 0 saturated heterocycles. The van der Waals surface area contributed by atoms with Crippen LogP contribution in [0.25, 0.3) is 66.1 Å². The summed E-state index contributed by atoms with van der Waals surface area (Å²) >= 11 is 0. The summed E-state index contributed by atoms with van der Waals surface area (Å²) in [7, 11) is -3.06. The second-order valence-electron chi connectivity index (χ2n) is 28.3. The molecule has 7 aromatic carbocycles. The molecule has 0 unspecified atom stereocenters. The lowest BCUT2D eigenvalue weighted by atomic mass is 9.34. The Morgan fingerprint density at radius 2 is 0.757 bits per heavy atom. The van der Waals surface area contributed by atoms with Gasteiger partial charge in [0.25, 0.3) is 6.71 Å². The van der Waals surface area contributed by atoms with E-state index >= 15 is 0 Å². The number of hydrogen-bond acceptors (Lipinski definition) is 0. The van der Waals surface area contributed by atoms with E-state index in [9.17, 15) is 0 Å². The summed E-state index contributed by atoms with van der Waals surface area (Å²) in [4.78, 5) is 0. The van der Waals surface area contributed by atoms with E-state index in [0.29, 0.717) is 0 Å². The van der Waals surface area contributed by atoms with Gasteiger partial charge in [-0.3, -0.25) is 0 Å². The summed E-state index contributed by atoms with van der Waals surface area (Å²) in [5.74, 6) is 0. The maximum Gasteiger partial charge on any atom is 0.252 e. The number of hydrogen-bond donors (Lipinski definition) is 0.